The van der Waals surface area contributed by atoms with E-state index in [-0.39, 0.29) is 5.91 Å². The van der Waals surface area contributed by atoms with E-state index >= 15 is 0 Å². The number of rotatable bonds is 8. The number of hydrogen-bond acceptors (Lipinski definition) is 4. The van der Waals surface area contributed by atoms with Crippen LogP contribution in [-0.2, 0) is 6.61 Å². The predicted octanol–water partition coefficient (Wildman–Crippen LogP) is 3.79. The molecule has 25 heavy (non-hydrogen) atoms. The van der Waals surface area contributed by atoms with Gasteiger partial charge in [0.25, 0.3) is 5.91 Å². The minimum atomic E-state index is -0.0199. The number of benzene rings is 1. The van der Waals surface area contributed by atoms with E-state index < -0.39 is 0 Å². The smallest absolute Gasteiger partial charge is 0.253 e. The third kappa shape index (κ3) is 5.48. The summed E-state index contributed by atoms with van der Waals surface area (Å²) < 4.78 is 11.5. The second-order valence-corrected chi connectivity index (χ2v) is 6.32. The van der Waals surface area contributed by atoms with Gasteiger partial charge in [-0.05, 0) is 37.1 Å². The number of amides is 1. The first-order valence-electron chi connectivity index (χ1n) is 8.55. The quantitative estimate of drug-likeness (QED) is 0.732. The van der Waals surface area contributed by atoms with Crippen LogP contribution < -0.4 is 9.47 Å². The van der Waals surface area contributed by atoms with Crippen molar-refractivity contribution >= 4 is 5.91 Å². The third-order valence-corrected chi connectivity index (χ3v) is 3.59. The molecule has 1 aromatic heterocycles. The fourth-order valence-corrected chi connectivity index (χ4v) is 2.52. The highest BCUT2D eigenvalue weighted by Gasteiger charge is 2.16. The molecule has 134 valence electrons. The van der Waals surface area contributed by atoms with Gasteiger partial charge in [-0.25, -0.2) is 0 Å². The van der Waals surface area contributed by atoms with Gasteiger partial charge < -0.3 is 14.4 Å². The average molecular weight is 342 g/mol. The Morgan fingerprint density at radius 3 is 2.64 bits per heavy atom. The second-order valence-electron chi connectivity index (χ2n) is 6.32. The molecule has 1 amide bonds. The van der Waals surface area contributed by atoms with Crippen molar-refractivity contribution in [3.05, 3.63) is 53.9 Å². The molecule has 2 rings (SSSR count). The lowest BCUT2D eigenvalue weighted by Crippen LogP contribution is -2.30. The zero-order valence-corrected chi connectivity index (χ0v) is 15.4. The first-order chi connectivity index (χ1) is 12.0. The highest BCUT2D eigenvalue weighted by Crippen LogP contribution is 2.29. The molecule has 0 radical (unpaired) electrons. The number of nitrogens with zero attached hydrogens (tertiary/aromatic N) is 2. The van der Waals surface area contributed by atoms with E-state index in [0.717, 1.165) is 5.56 Å². The molecule has 0 aliphatic rings. The summed E-state index contributed by atoms with van der Waals surface area (Å²) in [7, 11) is 1.81. The molecular formula is C20H26N2O3. The lowest BCUT2D eigenvalue weighted by molar-refractivity contribution is 0.0778. The Morgan fingerprint density at radius 1 is 1.20 bits per heavy atom. The Bertz CT molecular complexity index is 687. The summed E-state index contributed by atoms with van der Waals surface area (Å²) in [5, 5.41) is 0. The lowest BCUT2D eigenvalue weighted by Gasteiger charge is -2.20. The standard InChI is InChI=1S/C20H26N2O3/c1-5-24-19-11-17(20(23)22(4)13-15(2)3)8-9-18(19)25-14-16-7-6-10-21-12-16/h6-12,15H,5,13-14H2,1-4H3. The summed E-state index contributed by atoms with van der Waals surface area (Å²) >= 11 is 0. The second kappa shape index (κ2) is 9.06. The summed E-state index contributed by atoms with van der Waals surface area (Å²) in [6.45, 7) is 7.69. The van der Waals surface area contributed by atoms with Gasteiger partial charge in [-0.15, -0.1) is 0 Å². The van der Waals surface area contributed by atoms with Crippen LogP contribution in [-0.4, -0.2) is 36.0 Å². The minimum Gasteiger partial charge on any atom is -0.490 e. The number of carbonyl (C=O) groups is 1. The Kier molecular flexibility index (Phi) is 6.81. The monoisotopic (exact) mass is 342 g/mol. The first-order valence-corrected chi connectivity index (χ1v) is 8.55. The van der Waals surface area contributed by atoms with Crippen LogP contribution in [0.1, 0.15) is 36.7 Å². The molecule has 0 aliphatic heterocycles. The highest BCUT2D eigenvalue weighted by molar-refractivity contribution is 5.94. The number of ether oxygens (including phenoxy) is 2. The van der Waals surface area contributed by atoms with Crippen LogP contribution in [0.3, 0.4) is 0 Å². The van der Waals surface area contributed by atoms with Crippen molar-refractivity contribution in [3.63, 3.8) is 0 Å². The van der Waals surface area contributed by atoms with Gasteiger partial charge in [-0.2, -0.15) is 0 Å². The maximum absolute atomic E-state index is 12.5. The van der Waals surface area contributed by atoms with Gasteiger partial charge in [0, 0.05) is 37.1 Å². The summed E-state index contributed by atoms with van der Waals surface area (Å²) in [5.74, 6) is 1.60. The van der Waals surface area contributed by atoms with E-state index in [1.54, 1.807) is 35.5 Å². The van der Waals surface area contributed by atoms with Crippen molar-refractivity contribution in [2.75, 3.05) is 20.2 Å². The Balaban J connectivity index is 2.14. The molecule has 0 saturated heterocycles. The van der Waals surface area contributed by atoms with Crippen molar-refractivity contribution in [2.45, 2.75) is 27.4 Å². The zero-order valence-electron chi connectivity index (χ0n) is 15.4. The molecule has 5 heteroatoms. The largest absolute Gasteiger partial charge is 0.490 e. The Morgan fingerprint density at radius 2 is 2.00 bits per heavy atom. The summed E-state index contributed by atoms with van der Waals surface area (Å²) in [6, 6.07) is 9.14. The molecule has 0 saturated carbocycles. The first kappa shape index (κ1) is 18.8. The summed E-state index contributed by atoms with van der Waals surface area (Å²) in [4.78, 5) is 18.4. The van der Waals surface area contributed by atoms with Gasteiger partial charge in [-0.1, -0.05) is 19.9 Å². The van der Waals surface area contributed by atoms with E-state index in [1.165, 1.54) is 0 Å². The van der Waals surface area contributed by atoms with Gasteiger partial charge in [0.2, 0.25) is 0 Å². The van der Waals surface area contributed by atoms with Gasteiger partial charge >= 0.3 is 0 Å². The number of hydrogen-bond donors (Lipinski definition) is 0. The fraction of sp³-hybridized carbons (Fsp3) is 0.400. The minimum absolute atomic E-state index is 0.0199. The van der Waals surface area contributed by atoms with Crippen LogP contribution in [0, 0.1) is 5.92 Å². The molecule has 1 heterocycles. The molecule has 1 aromatic carbocycles. The highest BCUT2D eigenvalue weighted by atomic mass is 16.5. The van der Waals surface area contributed by atoms with Crippen molar-refractivity contribution in [1.29, 1.82) is 0 Å². The molecule has 2 aromatic rings. The van der Waals surface area contributed by atoms with Crippen molar-refractivity contribution in [3.8, 4) is 11.5 Å². The van der Waals surface area contributed by atoms with Crippen molar-refractivity contribution in [2.24, 2.45) is 5.92 Å². The van der Waals surface area contributed by atoms with Gasteiger partial charge in [0.05, 0.1) is 6.61 Å². The van der Waals surface area contributed by atoms with Gasteiger partial charge in [0.15, 0.2) is 11.5 Å². The average Bonchev–Trinajstić information content (AvgIpc) is 2.60. The Hall–Kier alpha value is -2.56. The molecule has 0 aliphatic carbocycles. The van der Waals surface area contributed by atoms with Crippen LogP contribution in [0.2, 0.25) is 0 Å². The van der Waals surface area contributed by atoms with E-state index in [9.17, 15) is 4.79 Å². The predicted molar refractivity (Wildman–Crippen MR) is 98.0 cm³/mol. The molecule has 0 spiro atoms. The summed E-state index contributed by atoms with van der Waals surface area (Å²) in [6.07, 6.45) is 3.49. The van der Waals surface area contributed by atoms with E-state index in [2.05, 4.69) is 18.8 Å². The van der Waals surface area contributed by atoms with Crippen LogP contribution in [0.25, 0.3) is 0 Å². The molecular weight excluding hydrogens is 316 g/mol. The molecule has 0 bridgehead atoms. The van der Waals surface area contributed by atoms with Crippen molar-refractivity contribution < 1.29 is 14.3 Å². The fourth-order valence-electron chi connectivity index (χ4n) is 2.52. The van der Waals surface area contributed by atoms with Crippen molar-refractivity contribution in [1.82, 2.24) is 9.88 Å². The maximum atomic E-state index is 12.5. The van der Waals surface area contributed by atoms with E-state index in [4.69, 9.17) is 9.47 Å². The maximum Gasteiger partial charge on any atom is 0.253 e. The van der Waals surface area contributed by atoms with E-state index in [0.29, 0.717) is 42.7 Å². The lowest BCUT2D eigenvalue weighted by atomic mass is 10.1. The number of pyridine rings is 1. The number of carbonyl (C=O) groups excluding carboxylic acids is 1. The van der Waals surface area contributed by atoms with Gasteiger partial charge in [0.1, 0.15) is 6.61 Å². The SMILES string of the molecule is CCOc1cc(C(=O)N(C)CC(C)C)ccc1OCc1cccnc1. The number of aromatic nitrogens is 1. The Labute approximate surface area is 149 Å². The zero-order chi connectivity index (χ0) is 18.2. The molecule has 5 nitrogen and oxygen atoms in total. The van der Waals surface area contributed by atoms with Crippen LogP contribution in [0.4, 0.5) is 0 Å². The third-order valence-electron chi connectivity index (χ3n) is 3.59. The molecule has 0 N–H and O–H groups in total. The van der Waals surface area contributed by atoms with Crippen LogP contribution in [0.5, 0.6) is 11.5 Å². The van der Waals surface area contributed by atoms with Crippen LogP contribution in [0.15, 0.2) is 42.7 Å². The van der Waals surface area contributed by atoms with Gasteiger partial charge in [-0.3, -0.25) is 9.78 Å². The molecule has 0 unspecified atom stereocenters. The normalized spacial score (nSPS) is 10.6. The van der Waals surface area contributed by atoms with E-state index in [1.807, 2.05) is 26.1 Å². The van der Waals surface area contributed by atoms with Crippen LogP contribution >= 0.6 is 0 Å². The summed E-state index contributed by atoms with van der Waals surface area (Å²) in [5.41, 5.74) is 1.57. The topological polar surface area (TPSA) is 51.7 Å². The molecule has 0 atom stereocenters. The molecule has 0 fully saturated rings.